The lowest BCUT2D eigenvalue weighted by molar-refractivity contribution is -0.122. The number of rotatable bonds is 5. The van der Waals surface area contributed by atoms with Crippen molar-refractivity contribution in [2.45, 2.75) is 12.5 Å². The summed E-state index contributed by atoms with van der Waals surface area (Å²) in [7, 11) is 0. The van der Waals surface area contributed by atoms with Gasteiger partial charge in [-0.1, -0.05) is 30.3 Å². The molecule has 88 valence electrons. The molecule has 4 heteroatoms. The SMILES string of the molecule is O=C(Cn1cccn1)C(CO)c1ccccc1. The van der Waals surface area contributed by atoms with Crippen LogP contribution in [0.1, 0.15) is 11.5 Å². The summed E-state index contributed by atoms with van der Waals surface area (Å²) in [6.07, 6.45) is 3.36. The number of hydrogen-bond acceptors (Lipinski definition) is 3. The Balaban J connectivity index is 2.11. The molecule has 0 radical (unpaired) electrons. The van der Waals surface area contributed by atoms with Crippen LogP contribution in [0.15, 0.2) is 48.8 Å². The zero-order chi connectivity index (χ0) is 12.1. The van der Waals surface area contributed by atoms with Crippen molar-refractivity contribution in [3.05, 3.63) is 54.4 Å². The van der Waals surface area contributed by atoms with Crippen LogP contribution in [-0.2, 0) is 11.3 Å². The molecule has 2 rings (SSSR count). The van der Waals surface area contributed by atoms with E-state index in [9.17, 15) is 9.90 Å². The van der Waals surface area contributed by atoms with Crippen LogP contribution in [0.5, 0.6) is 0 Å². The van der Waals surface area contributed by atoms with Crippen molar-refractivity contribution in [3.8, 4) is 0 Å². The fourth-order valence-electron chi connectivity index (χ4n) is 1.74. The van der Waals surface area contributed by atoms with Gasteiger partial charge in [-0.2, -0.15) is 5.10 Å². The summed E-state index contributed by atoms with van der Waals surface area (Å²) in [6.45, 7) is 0.0111. The minimum atomic E-state index is -0.472. The molecule has 0 aliphatic heterocycles. The van der Waals surface area contributed by atoms with Crippen LogP contribution in [0.25, 0.3) is 0 Å². The van der Waals surface area contributed by atoms with Gasteiger partial charge in [0.1, 0.15) is 6.54 Å². The van der Waals surface area contributed by atoms with E-state index in [-0.39, 0.29) is 18.9 Å². The van der Waals surface area contributed by atoms with E-state index in [1.807, 2.05) is 30.3 Å². The van der Waals surface area contributed by atoms with Crippen LogP contribution in [0.3, 0.4) is 0 Å². The molecule has 0 saturated heterocycles. The molecule has 17 heavy (non-hydrogen) atoms. The number of carbonyl (C=O) groups is 1. The van der Waals surface area contributed by atoms with E-state index in [2.05, 4.69) is 5.10 Å². The molecule has 1 heterocycles. The molecule has 4 nitrogen and oxygen atoms in total. The standard InChI is InChI=1S/C13H14N2O2/c16-10-12(11-5-2-1-3-6-11)13(17)9-15-8-4-7-14-15/h1-8,12,16H,9-10H2. The monoisotopic (exact) mass is 230 g/mol. The summed E-state index contributed by atoms with van der Waals surface area (Å²) in [5.74, 6) is -0.511. The summed E-state index contributed by atoms with van der Waals surface area (Å²) in [5.41, 5.74) is 0.840. The average molecular weight is 230 g/mol. The van der Waals surface area contributed by atoms with Gasteiger partial charge >= 0.3 is 0 Å². The number of nitrogens with zero attached hydrogens (tertiary/aromatic N) is 2. The second kappa shape index (κ2) is 5.41. The highest BCUT2D eigenvalue weighted by Gasteiger charge is 2.19. The summed E-state index contributed by atoms with van der Waals surface area (Å²) >= 11 is 0. The van der Waals surface area contributed by atoms with Gasteiger partial charge in [-0.05, 0) is 11.6 Å². The third-order valence-electron chi connectivity index (χ3n) is 2.65. The van der Waals surface area contributed by atoms with Crippen molar-refractivity contribution < 1.29 is 9.90 Å². The van der Waals surface area contributed by atoms with E-state index in [0.29, 0.717) is 0 Å². The Labute approximate surface area is 99.5 Å². The highest BCUT2D eigenvalue weighted by atomic mass is 16.3. The molecule has 0 fully saturated rings. The molecule has 0 bridgehead atoms. The highest BCUT2D eigenvalue weighted by Crippen LogP contribution is 2.16. The second-order valence-electron chi connectivity index (χ2n) is 3.82. The highest BCUT2D eigenvalue weighted by molar-refractivity contribution is 5.85. The first-order valence-electron chi connectivity index (χ1n) is 5.47. The Kier molecular flexibility index (Phi) is 3.67. The topological polar surface area (TPSA) is 55.1 Å². The van der Waals surface area contributed by atoms with Crippen LogP contribution >= 0.6 is 0 Å². The number of Topliss-reactive ketones (excluding diaryl/α,β-unsaturated/α-hetero) is 1. The van der Waals surface area contributed by atoms with Crippen LogP contribution in [0, 0.1) is 0 Å². The van der Waals surface area contributed by atoms with Crippen molar-refractivity contribution in [2.75, 3.05) is 6.61 Å². The Bertz CT molecular complexity index is 465. The van der Waals surface area contributed by atoms with Crippen LogP contribution in [0.4, 0.5) is 0 Å². The van der Waals surface area contributed by atoms with Crippen molar-refractivity contribution in [1.82, 2.24) is 9.78 Å². The molecule has 0 aliphatic carbocycles. The second-order valence-corrected chi connectivity index (χ2v) is 3.82. The fraction of sp³-hybridized carbons (Fsp3) is 0.231. The number of aliphatic hydroxyl groups excluding tert-OH is 1. The van der Waals surface area contributed by atoms with E-state index in [1.54, 1.807) is 23.1 Å². The molecule has 0 amide bonds. The molecule has 2 aromatic rings. The van der Waals surface area contributed by atoms with Crippen LogP contribution in [0.2, 0.25) is 0 Å². The summed E-state index contributed by atoms with van der Waals surface area (Å²) < 4.78 is 1.56. The first-order chi connectivity index (χ1) is 8.31. The normalized spacial score (nSPS) is 12.3. The summed E-state index contributed by atoms with van der Waals surface area (Å²) in [6, 6.07) is 11.1. The number of hydrogen-bond donors (Lipinski definition) is 1. The number of ketones is 1. The van der Waals surface area contributed by atoms with E-state index >= 15 is 0 Å². The average Bonchev–Trinajstić information content (AvgIpc) is 2.84. The fourth-order valence-corrected chi connectivity index (χ4v) is 1.74. The van der Waals surface area contributed by atoms with E-state index in [1.165, 1.54) is 0 Å². The number of carbonyl (C=O) groups excluding carboxylic acids is 1. The molecule has 0 saturated carbocycles. The molecular weight excluding hydrogens is 216 g/mol. The molecule has 1 unspecified atom stereocenters. The lowest BCUT2D eigenvalue weighted by atomic mass is 9.95. The van der Waals surface area contributed by atoms with E-state index in [4.69, 9.17) is 0 Å². The van der Waals surface area contributed by atoms with Crippen molar-refractivity contribution in [2.24, 2.45) is 0 Å². The van der Waals surface area contributed by atoms with Crippen LogP contribution < -0.4 is 0 Å². The minimum Gasteiger partial charge on any atom is -0.395 e. The number of benzene rings is 1. The van der Waals surface area contributed by atoms with E-state index in [0.717, 1.165) is 5.56 Å². The van der Waals surface area contributed by atoms with Crippen molar-refractivity contribution in [3.63, 3.8) is 0 Å². The van der Waals surface area contributed by atoms with Crippen molar-refractivity contribution >= 4 is 5.78 Å². The molecular formula is C13H14N2O2. The minimum absolute atomic E-state index is 0.0394. The lowest BCUT2D eigenvalue weighted by Crippen LogP contribution is -2.21. The molecule has 1 aromatic heterocycles. The lowest BCUT2D eigenvalue weighted by Gasteiger charge is -2.13. The third kappa shape index (κ3) is 2.79. The van der Waals surface area contributed by atoms with Gasteiger partial charge in [-0.25, -0.2) is 0 Å². The first-order valence-corrected chi connectivity index (χ1v) is 5.47. The maximum absolute atomic E-state index is 12.0. The molecule has 0 aliphatic rings. The van der Waals surface area contributed by atoms with Gasteiger partial charge < -0.3 is 5.11 Å². The smallest absolute Gasteiger partial charge is 0.164 e. The van der Waals surface area contributed by atoms with Gasteiger partial charge in [-0.3, -0.25) is 9.48 Å². The van der Waals surface area contributed by atoms with Gasteiger partial charge in [-0.15, -0.1) is 0 Å². The van der Waals surface area contributed by atoms with Gasteiger partial charge in [0.25, 0.3) is 0 Å². The number of aliphatic hydroxyl groups is 1. The van der Waals surface area contributed by atoms with Crippen LogP contribution in [-0.4, -0.2) is 27.3 Å². The predicted octanol–water partition coefficient (Wildman–Crippen LogP) is 1.23. The zero-order valence-corrected chi connectivity index (χ0v) is 9.36. The zero-order valence-electron chi connectivity index (χ0n) is 9.36. The molecule has 1 atom stereocenters. The summed E-state index contributed by atoms with van der Waals surface area (Å²) in [4.78, 5) is 12.0. The quantitative estimate of drug-likeness (QED) is 0.840. The maximum Gasteiger partial charge on any atom is 0.164 e. The van der Waals surface area contributed by atoms with Crippen molar-refractivity contribution in [1.29, 1.82) is 0 Å². The maximum atomic E-state index is 12.0. The molecule has 0 spiro atoms. The number of aromatic nitrogens is 2. The predicted molar refractivity (Wildman–Crippen MR) is 63.5 cm³/mol. The Hall–Kier alpha value is -1.94. The third-order valence-corrected chi connectivity index (χ3v) is 2.65. The van der Waals surface area contributed by atoms with Gasteiger partial charge in [0.05, 0.1) is 12.5 Å². The van der Waals surface area contributed by atoms with Gasteiger partial charge in [0, 0.05) is 12.4 Å². The molecule has 1 aromatic carbocycles. The largest absolute Gasteiger partial charge is 0.395 e. The van der Waals surface area contributed by atoms with Gasteiger partial charge in [0.15, 0.2) is 5.78 Å². The van der Waals surface area contributed by atoms with E-state index < -0.39 is 5.92 Å². The first kappa shape index (κ1) is 11.5. The Morgan fingerprint density at radius 3 is 2.65 bits per heavy atom. The summed E-state index contributed by atoms with van der Waals surface area (Å²) in [5, 5.41) is 13.3. The van der Waals surface area contributed by atoms with Gasteiger partial charge in [0.2, 0.25) is 0 Å². The molecule has 1 N–H and O–H groups in total. The Morgan fingerprint density at radius 2 is 2.06 bits per heavy atom. The Morgan fingerprint density at radius 1 is 1.29 bits per heavy atom.